The lowest BCUT2D eigenvalue weighted by Crippen LogP contribution is -2.02. The van der Waals surface area contributed by atoms with E-state index in [1.165, 1.54) is 24.1 Å². The normalized spacial score (nSPS) is 10.4. The van der Waals surface area contributed by atoms with Gasteiger partial charge in [0.1, 0.15) is 5.69 Å². The van der Waals surface area contributed by atoms with E-state index in [-0.39, 0.29) is 5.78 Å². The largest absolute Gasteiger partial charge is 0.330 e. The van der Waals surface area contributed by atoms with Crippen LogP contribution in [0.5, 0.6) is 0 Å². The number of ketones is 1. The number of Topliss-reactive ketones (excluding diaryl/α,β-unsaturated/α-hetero) is 1. The first-order valence-corrected chi connectivity index (χ1v) is 4.66. The molecular formula is C10H10N4O2. The molecular weight excluding hydrogens is 208 g/mol. The second-order valence-corrected chi connectivity index (χ2v) is 3.41. The van der Waals surface area contributed by atoms with E-state index in [0.717, 1.165) is 0 Å². The molecule has 0 amide bonds. The van der Waals surface area contributed by atoms with E-state index in [0.29, 0.717) is 23.4 Å². The fourth-order valence-electron chi connectivity index (χ4n) is 1.36. The van der Waals surface area contributed by atoms with Gasteiger partial charge in [0.15, 0.2) is 17.9 Å². The lowest BCUT2D eigenvalue weighted by atomic mass is 10.3. The second-order valence-electron chi connectivity index (χ2n) is 3.41. The standard InChI is InChI=1S/C10H10N4O2/c1-7(16)8-3-12-14(4-8)10-9(5-15)13(2)6-11-10/h3-6H,1-2H3. The molecule has 6 heteroatoms. The fraction of sp³-hybridized carbons (Fsp3) is 0.200. The molecule has 0 aliphatic carbocycles. The zero-order chi connectivity index (χ0) is 11.7. The van der Waals surface area contributed by atoms with Crippen LogP contribution in [0.4, 0.5) is 0 Å². The molecule has 0 aliphatic rings. The van der Waals surface area contributed by atoms with Gasteiger partial charge in [0.2, 0.25) is 0 Å². The first-order chi connectivity index (χ1) is 7.63. The molecule has 0 atom stereocenters. The third-order valence-corrected chi connectivity index (χ3v) is 2.28. The predicted octanol–water partition coefficient (Wildman–Crippen LogP) is 0.621. The Morgan fingerprint density at radius 2 is 2.25 bits per heavy atom. The predicted molar refractivity (Wildman–Crippen MR) is 55.7 cm³/mol. The number of rotatable bonds is 3. The van der Waals surface area contributed by atoms with Crippen molar-refractivity contribution in [3.63, 3.8) is 0 Å². The van der Waals surface area contributed by atoms with Gasteiger partial charge in [-0.3, -0.25) is 9.59 Å². The van der Waals surface area contributed by atoms with Gasteiger partial charge in [0, 0.05) is 13.2 Å². The molecule has 0 N–H and O–H groups in total. The molecule has 0 spiro atoms. The number of carbonyl (C=O) groups excluding carboxylic acids is 2. The lowest BCUT2D eigenvalue weighted by molar-refractivity contribution is 0.101. The number of aryl methyl sites for hydroxylation is 1. The van der Waals surface area contributed by atoms with Gasteiger partial charge in [-0.1, -0.05) is 0 Å². The number of hydrogen-bond donors (Lipinski definition) is 0. The van der Waals surface area contributed by atoms with Crippen LogP contribution in [0.1, 0.15) is 27.8 Å². The Hall–Kier alpha value is -2.24. The molecule has 2 aromatic rings. The van der Waals surface area contributed by atoms with E-state index < -0.39 is 0 Å². The highest BCUT2D eigenvalue weighted by Crippen LogP contribution is 2.10. The summed E-state index contributed by atoms with van der Waals surface area (Å²) in [5, 5.41) is 3.99. The molecule has 0 bridgehead atoms. The molecule has 0 aromatic carbocycles. The maximum absolute atomic E-state index is 11.1. The van der Waals surface area contributed by atoms with Crippen LogP contribution in [-0.2, 0) is 7.05 Å². The molecule has 2 heterocycles. The number of aromatic nitrogens is 4. The van der Waals surface area contributed by atoms with Crippen LogP contribution >= 0.6 is 0 Å². The van der Waals surface area contributed by atoms with Crippen LogP contribution in [0.15, 0.2) is 18.7 Å². The van der Waals surface area contributed by atoms with Gasteiger partial charge in [0.25, 0.3) is 0 Å². The summed E-state index contributed by atoms with van der Waals surface area (Å²) in [5.41, 5.74) is 0.903. The van der Waals surface area contributed by atoms with Gasteiger partial charge in [-0.2, -0.15) is 5.10 Å². The molecule has 6 nitrogen and oxygen atoms in total. The summed E-state index contributed by atoms with van der Waals surface area (Å²) in [6, 6.07) is 0. The number of imidazole rings is 1. The van der Waals surface area contributed by atoms with Crippen molar-refractivity contribution >= 4 is 12.1 Å². The van der Waals surface area contributed by atoms with Crippen LogP contribution < -0.4 is 0 Å². The average molecular weight is 218 g/mol. The van der Waals surface area contributed by atoms with Crippen molar-refractivity contribution in [3.8, 4) is 5.82 Å². The molecule has 0 fully saturated rings. The van der Waals surface area contributed by atoms with E-state index >= 15 is 0 Å². The summed E-state index contributed by atoms with van der Waals surface area (Å²) in [6.45, 7) is 1.46. The Morgan fingerprint density at radius 1 is 1.50 bits per heavy atom. The van der Waals surface area contributed by atoms with Gasteiger partial charge in [-0.05, 0) is 6.92 Å². The third kappa shape index (κ3) is 1.54. The summed E-state index contributed by atoms with van der Waals surface area (Å²) in [5.74, 6) is 0.347. The average Bonchev–Trinajstić information content (AvgIpc) is 2.83. The number of nitrogens with zero attached hydrogens (tertiary/aromatic N) is 4. The molecule has 0 radical (unpaired) electrons. The first-order valence-electron chi connectivity index (χ1n) is 4.66. The smallest absolute Gasteiger partial charge is 0.182 e. The summed E-state index contributed by atoms with van der Waals surface area (Å²) in [4.78, 5) is 26.0. The van der Waals surface area contributed by atoms with E-state index in [1.807, 2.05) is 0 Å². The molecule has 0 aliphatic heterocycles. The van der Waals surface area contributed by atoms with Gasteiger partial charge in [0.05, 0.1) is 18.1 Å². The van der Waals surface area contributed by atoms with Crippen molar-refractivity contribution in [3.05, 3.63) is 30.0 Å². The fourth-order valence-corrected chi connectivity index (χ4v) is 1.36. The van der Waals surface area contributed by atoms with E-state index in [1.54, 1.807) is 17.8 Å². The maximum atomic E-state index is 11.1. The zero-order valence-corrected chi connectivity index (χ0v) is 8.91. The molecule has 16 heavy (non-hydrogen) atoms. The van der Waals surface area contributed by atoms with Crippen LogP contribution in [0, 0.1) is 0 Å². The minimum Gasteiger partial charge on any atom is -0.330 e. The Balaban J connectivity index is 2.50. The molecule has 0 saturated heterocycles. The van der Waals surface area contributed by atoms with Crippen LogP contribution in [0.3, 0.4) is 0 Å². The molecule has 2 aromatic heterocycles. The van der Waals surface area contributed by atoms with Crippen molar-refractivity contribution in [2.75, 3.05) is 0 Å². The lowest BCUT2D eigenvalue weighted by Gasteiger charge is -1.97. The third-order valence-electron chi connectivity index (χ3n) is 2.28. The summed E-state index contributed by atoms with van der Waals surface area (Å²) < 4.78 is 3.01. The first kappa shape index (κ1) is 10.3. The number of carbonyl (C=O) groups is 2. The Labute approximate surface area is 91.5 Å². The Morgan fingerprint density at radius 3 is 2.81 bits per heavy atom. The quantitative estimate of drug-likeness (QED) is 0.559. The molecule has 0 saturated carbocycles. The number of hydrogen-bond acceptors (Lipinski definition) is 4. The maximum Gasteiger partial charge on any atom is 0.182 e. The van der Waals surface area contributed by atoms with E-state index in [2.05, 4.69) is 10.1 Å². The van der Waals surface area contributed by atoms with Crippen molar-refractivity contribution < 1.29 is 9.59 Å². The van der Waals surface area contributed by atoms with E-state index in [4.69, 9.17) is 0 Å². The van der Waals surface area contributed by atoms with Crippen LogP contribution in [0.25, 0.3) is 5.82 Å². The Kier molecular flexibility index (Phi) is 2.40. The molecule has 82 valence electrons. The topological polar surface area (TPSA) is 69.8 Å². The second kappa shape index (κ2) is 3.73. The summed E-state index contributed by atoms with van der Waals surface area (Å²) in [6.07, 6.45) is 5.23. The van der Waals surface area contributed by atoms with Crippen LogP contribution in [0.2, 0.25) is 0 Å². The molecule has 2 rings (SSSR count). The SMILES string of the molecule is CC(=O)c1cnn(-c2ncn(C)c2C=O)c1. The Bertz CT molecular complexity index is 553. The molecule has 0 unspecified atom stereocenters. The zero-order valence-electron chi connectivity index (χ0n) is 8.91. The van der Waals surface area contributed by atoms with Gasteiger partial charge < -0.3 is 4.57 Å². The summed E-state index contributed by atoms with van der Waals surface area (Å²) in [7, 11) is 1.72. The van der Waals surface area contributed by atoms with Crippen molar-refractivity contribution in [2.45, 2.75) is 6.92 Å². The van der Waals surface area contributed by atoms with Crippen molar-refractivity contribution in [1.82, 2.24) is 19.3 Å². The van der Waals surface area contributed by atoms with Crippen LogP contribution in [-0.4, -0.2) is 31.4 Å². The van der Waals surface area contributed by atoms with Gasteiger partial charge in [-0.15, -0.1) is 0 Å². The van der Waals surface area contributed by atoms with Crippen molar-refractivity contribution in [2.24, 2.45) is 7.05 Å². The van der Waals surface area contributed by atoms with Crippen molar-refractivity contribution in [1.29, 1.82) is 0 Å². The highest BCUT2D eigenvalue weighted by Gasteiger charge is 2.12. The summed E-state index contributed by atoms with van der Waals surface area (Å²) >= 11 is 0. The highest BCUT2D eigenvalue weighted by molar-refractivity contribution is 5.93. The van der Waals surface area contributed by atoms with Gasteiger partial charge >= 0.3 is 0 Å². The number of aldehydes is 1. The van der Waals surface area contributed by atoms with Gasteiger partial charge in [-0.25, -0.2) is 9.67 Å². The highest BCUT2D eigenvalue weighted by atomic mass is 16.1. The minimum absolute atomic E-state index is 0.0742. The van der Waals surface area contributed by atoms with E-state index in [9.17, 15) is 9.59 Å². The monoisotopic (exact) mass is 218 g/mol. The minimum atomic E-state index is -0.0742.